The highest BCUT2D eigenvalue weighted by atomic mass is 16.5. The quantitative estimate of drug-likeness (QED) is 0.855. The van der Waals surface area contributed by atoms with Crippen molar-refractivity contribution in [2.45, 2.75) is 32.8 Å². The molecule has 0 radical (unpaired) electrons. The Hall–Kier alpha value is -2.82. The summed E-state index contributed by atoms with van der Waals surface area (Å²) in [5.74, 6) is 0.454. The number of nitrogens with zero attached hydrogens (tertiary/aromatic N) is 2. The minimum Gasteiger partial charge on any atom is -0.478 e. The van der Waals surface area contributed by atoms with E-state index in [0.29, 0.717) is 24.4 Å². The molecule has 0 spiro atoms. The zero-order valence-electron chi connectivity index (χ0n) is 15.1. The van der Waals surface area contributed by atoms with Gasteiger partial charge in [0.1, 0.15) is 12.3 Å². The molecule has 1 atom stereocenters. The van der Waals surface area contributed by atoms with E-state index in [1.165, 1.54) is 5.56 Å². The van der Waals surface area contributed by atoms with Crippen LogP contribution in [0.1, 0.15) is 24.5 Å². The van der Waals surface area contributed by atoms with Crippen molar-refractivity contribution in [2.24, 2.45) is 0 Å². The average Bonchev–Trinajstić information content (AvgIpc) is 3.08. The van der Waals surface area contributed by atoms with Crippen LogP contribution in [0.2, 0.25) is 0 Å². The molecule has 1 unspecified atom stereocenters. The van der Waals surface area contributed by atoms with Crippen LogP contribution in [0.25, 0.3) is 0 Å². The van der Waals surface area contributed by atoms with Gasteiger partial charge in [-0.3, -0.25) is 14.5 Å². The van der Waals surface area contributed by atoms with Gasteiger partial charge < -0.3 is 9.64 Å². The number of hydrogen-bond donors (Lipinski definition) is 0. The molecule has 0 saturated carbocycles. The van der Waals surface area contributed by atoms with Crippen LogP contribution in [-0.4, -0.2) is 31.0 Å². The van der Waals surface area contributed by atoms with Crippen LogP contribution in [0.4, 0.5) is 11.4 Å². The number of hydrogen-bond acceptors (Lipinski definition) is 3. The summed E-state index contributed by atoms with van der Waals surface area (Å²) in [4.78, 5) is 29.2. The number of anilines is 2. The van der Waals surface area contributed by atoms with Gasteiger partial charge in [-0.2, -0.15) is 0 Å². The predicted octanol–water partition coefficient (Wildman–Crippen LogP) is 3.09. The first-order valence-electron chi connectivity index (χ1n) is 9.05. The van der Waals surface area contributed by atoms with Crippen molar-refractivity contribution >= 4 is 23.2 Å². The fraction of sp³-hybridized carbons (Fsp3) is 0.333. The fourth-order valence-corrected chi connectivity index (χ4v) is 3.67. The van der Waals surface area contributed by atoms with Gasteiger partial charge in [-0.15, -0.1) is 0 Å². The summed E-state index contributed by atoms with van der Waals surface area (Å²) in [6, 6.07) is 13.7. The number of ether oxygens (including phenoxy) is 1. The molecule has 26 heavy (non-hydrogen) atoms. The van der Waals surface area contributed by atoms with E-state index >= 15 is 0 Å². The number of aryl methyl sites for hydroxylation is 1. The Morgan fingerprint density at radius 2 is 2.00 bits per heavy atom. The summed E-state index contributed by atoms with van der Waals surface area (Å²) >= 11 is 0. The minimum atomic E-state index is -0.538. The van der Waals surface area contributed by atoms with E-state index in [-0.39, 0.29) is 18.4 Å². The smallest absolute Gasteiger partial charge is 0.268 e. The van der Waals surface area contributed by atoms with E-state index in [9.17, 15) is 9.59 Å². The van der Waals surface area contributed by atoms with Gasteiger partial charge >= 0.3 is 0 Å². The standard InChI is InChI=1S/C21H22N2O3/c1-3-18-21(25)23(17-12-14(2)8-9-19(17)26-18)13-20(24)22-11-10-15-6-4-5-7-16(15)22/h4-9,12,18H,3,10-11,13H2,1-2H3. The van der Waals surface area contributed by atoms with Crippen LogP contribution in [0, 0.1) is 6.92 Å². The van der Waals surface area contributed by atoms with Gasteiger partial charge in [0.15, 0.2) is 6.10 Å². The molecule has 2 amide bonds. The van der Waals surface area contributed by atoms with Gasteiger partial charge in [-0.05, 0) is 49.1 Å². The van der Waals surface area contributed by atoms with Crippen molar-refractivity contribution in [1.29, 1.82) is 0 Å². The van der Waals surface area contributed by atoms with Crippen LogP contribution in [0.3, 0.4) is 0 Å². The lowest BCUT2D eigenvalue weighted by molar-refractivity contribution is -0.128. The number of rotatable bonds is 3. The zero-order chi connectivity index (χ0) is 18.3. The third-order valence-electron chi connectivity index (χ3n) is 5.07. The van der Waals surface area contributed by atoms with Crippen molar-refractivity contribution in [1.82, 2.24) is 0 Å². The van der Waals surface area contributed by atoms with Gasteiger partial charge in [0.05, 0.1) is 5.69 Å². The number of amides is 2. The monoisotopic (exact) mass is 350 g/mol. The molecule has 0 aromatic heterocycles. The number of carbonyl (C=O) groups is 2. The third-order valence-corrected chi connectivity index (χ3v) is 5.07. The molecular formula is C21H22N2O3. The van der Waals surface area contributed by atoms with Gasteiger partial charge in [-0.25, -0.2) is 0 Å². The van der Waals surface area contributed by atoms with Crippen LogP contribution in [0.15, 0.2) is 42.5 Å². The first kappa shape index (κ1) is 16.6. The molecule has 4 rings (SSSR count). The number of carbonyl (C=O) groups excluding carboxylic acids is 2. The number of benzene rings is 2. The largest absolute Gasteiger partial charge is 0.478 e. The van der Waals surface area contributed by atoms with Crippen LogP contribution in [-0.2, 0) is 16.0 Å². The Bertz CT molecular complexity index is 877. The topological polar surface area (TPSA) is 49.9 Å². The molecule has 134 valence electrons. The molecule has 0 aliphatic carbocycles. The molecule has 2 aliphatic heterocycles. The second-order valence-corrected chi connectivity index (χ2v) is 6.83. The Balaban J connectivity index is 1.64. The molecule has 2 aromatic rings. The normalized spacial score (nSPS) is 18.4. The molecule has 5 nitrogen and oxygen atoms in total. The maximum absolute atomic E-state index is 13.0. The summed E-state index contributed by atoms with van der Waals surface area (Å²) in [6.07, 6.45) is 0.888. The molecule has 2 aliphatic rings. The molecule has 0 fully saturated rings. The summed E-state index contributed by atoms with van der Waals surface area (Å²) in [5, 5.41) is 0. The maximum atomic E-state index is 13.0. The lowest BCUT2D eigenvalue weighted by Gasteiger charge is -2.34. The highest BCUT2D eigenvalue weighted by Gasteiger charge is 2.36. The second kappa shape index (κ2) is 6.48. The maximum Gasteiger partial charge on any atom is 0.268 e. The van der Waals surface area contributed by atoms with E-state index in [0.717, 1.165) is 17.7 Å². The molecule has 2 aromatic carbocycles. The lowest BCUT2D eigenvalue weighted by Crippen LogP contribution is -2.50. The molecule has 5 heteroatoms. The molecule has 0 bridgehead atoms. The van der Waals surface area contributed by atoms with Crippen LogP contribution in [0.5, 0.6) is 5.75 Å². The van der Waals surface area contributed by atoms with Gasteiger partial charge in [-0.1, -0.05) is 31.2 Å². The Labute approximate surface area is 153 Å². The number of para-hydroxylation sites is 1. The van der Waals surface area contributed by atoms with E-state index in [1.54, 1.807) is 9.80 Å². The zero-order valence-corrected chi connectivity index (χ0v) is 15.1. The van der Waals surface area contributed by atoms with E-state index in [4.69, 9.17) is 4.74 Å². The highest BCUT2D eigenvalue weighted by Crippen LogP contribution is 2.36. The molecule has 0 N–H and O–H groups in total. The summed E-state index contributed by atoms with van der Waals surface area (Å²) in [7, 11) is 0. The Morgan fingerprint density at radius 1 is 1.19 bits per heavy atom. The predicted molar refractivity (Wildman–Crippen MR) is 101 cm³/mol. The Kier molecular flexibility index (Phi) is 4.15. The van der Waals surface area contributed by atoms with Gasteiger partial charge in [0.2, 0.25) is 5.91 Å². The van der Waals surface area contributed by atoms with Gasteiger partial charge in [0.25, 0.3) is 5.91 Å². The molecule has 2 heterocycles. The lowest BCUT2D eigenvalue weighted by atomic mass is 10.1. The van der Waals surface area contributed by atoms with Crippen molar-refractivity contribution in [3.8, 4) is 5.75 Å². The van der Waals surface area contributed by atoms with Gasteiger partial charge in [0, 0.05) is 12.2 Å². The van der Waals surface area contributed by atoms with Crippen molar-refractivity contribution in [3.63, 3.8) is 0 Å². The fourth-order valence-electron chi connectivity index (χ4n) is 3.67. The summed E-state index contributed by atoms with van der Waals surface area (Å²) < 4.78 is 5.83. The van der Waals surface area contributed by atoms with E-state index in [1.807, 2.05) is 56.3 Å². The highest BCUT2D eigenvalue weighted by molar-refractivity contribution is 6.07. The first-order chi connectivity index (χ1) is 12.6. The molecular weight excluding hydrogens is 328 g/mol. The van der Waals surface area contributed by atoms with E-state index < -0.39 is 6.10 Å². The van der Waals surface area contributed by atoms with Crippen LogP contribution < -0.4 is 14.5 Å². The number of fused-ring (bicyclic) bond motifs is 2. The minimum absolute atomic E-state index is 0.0312. The Morgan fingerprint density at radius 3 is 2.81 bits per heavy atom. The molecule has 0 saturated heterocycles. The first-order valence-corrected chi connectivity index (χ1v) is 9.05. The summed E-state index contributed by atoms with van der Waals surface area (Å²) in [5.41, 5.74) is 3.84. The van der Waals surface area contributed by atoms with Crippen molar-refractivity contribution in [2.75, 3.05) is 22.9 Å². The second-order valence-electron chi connectivity index (χ2n) is 6.83. The summed E-state index contributed by atoms with van der Waals surface area (Å²) in [6.45, 7) is 4.57. The van der Waals surface area contributed by atoms with Crippen LogP contribution >= 0.6 is 0 Å². The SMILES string of the molecule is CCC1Oc2ccc(C)cc2N(CC(=O)N2CCc3ccccc32)C1=O. The average molecular weight is 350 g/mol. The van der Waals surface area contributed by atoms with Crippen molar-refractivity contribution < 1.29 is 14.3 Å². The van der Waals surface area contributed by atoms with E-state index in [2.05, 4.69) is 0 Å². The van der Waals surface area contributed by atoms with Crippen molar-refractivity contribution in [3.05, 3.63) is 53.6 Å². The third kappa shape index (κ3) is 2.73.